The second-order valence-electron chi connectivity index (χ2n) is 4.21. The molecule has 3 amide bonds. The number of nitrogens with zero attached hydrogens (tertiary/aromatic N) is 1. The molecule has 0 aromatic heterocycles. The van der Waals surface area contributed by atoms with Gasteiger partial charge in [-0.05, 0) is 31.7 Å². The van der Waals surface area contributed by atoms with Crippen LogP contribution in [0.1, 0.15) is 12.5 Å². The maximum Gasteiger partial charge on any atom is 0.321 e. The van der Waals surface area contributed by atoms with Gasteiger partial charge in [0.05, 0.1) is 6.54 Å². The highest BCUT2D eigenvalue weighted by Gasteiger charge is 2.09. The molecule has 0 heterocycles. The smallest absolute Gasteiger partial charge is 0.321 e. The summed E-state index contributed by atoms with van der Waals surface area (Å²) in [6, 6.07) is 7.44. The Kier molecular flexibility index (Phi) is 6.52. The van der Waals surface area contributed by atoms with Crippen molar-refractivity contribution in [1.82, 2.24) is 15.5 Å². The van der Waals surface area contributed by atoms with E-state index in [0.717, 1.165) is 10.0 Å². The molecule has 0 aliphatic heterocycles. The molecule has 6 heteroatoms. The van der Waals surface area contributed by atoms with E-state index in [0.29, 0.717) is 13.1 Å². The third kappa shape index (κ3) is 6.35. The van der Waals surface area contributed by atoms with Gasteiger partial charge in [0.1, 0.15) is 0 Å². The number of carbonyl (C=O) groups is 2. The van der Waals surface area contributed by atoms with Crippen molar-refractivity contribution in [3.05, 3.63) is 34.3 Å². The standard InChI is InChI=1S/C13H18BrN3O2/c1-3-15-13(19)16-12(18)9-17(2)8-10-4-6-11(14)7-5-10/h4-7H,3,8-9H2,1-2H3,(H2,15,16,18,19). The van der Waals surface area contributed by atoms with Crippen LogP contribution in [0.3, 0.4) is 0 Å². The number of halogens is 1. The monoisotopic (exact) mass is 327 g/mol. The Morgan fingerprint density at radius 3 is 2.47 bits per heavy atom. The first-order valence-electron chi connectivity index (χ1n) is 6.02. The fourth-order valence-electron chi connectivity index (χ4n) is 1.57. The zero-order chi connectivity index (χ0) is 14.3. The molecule has 0 bridgehead atoms. The molecular weight excluding hydrogens is 310 g/mol. The van der Waals surface area contributed by atoms with Crippen LogP contribution in [0.5, 0.6) is 0 Å². The van der Waals surface area contributed by atoms with Gasteiger partial charge in [0.15, 0.2) is 0 Å². The van der Waals surface area contributed by atoms with E-state index in [1.54, 1.807) is 6.92 Å². The summed E-state index contributed by atoms with van der Waals surface area (Å²) in [6.07, 6.45) is 0. The van der Waals surface area contributed by atoms with E-state index in [-0.39, 0.29) is 12.5 Å². The quantitative estimate of drug-likeness (QED) is 0.865. The molecule has 1 aromatic carbocycles. The van der Waals surface area contributed by atoms with Crippen molar-refractivity contribution in [3.8, 4) is 0 Å². The predicted octanol–water partition coefficient (Wildman–Crippen LogP) is 1.73. The lowest BCUT2D eigenvalue weighted by atomic mass is 10.2. The summed E-state index contributed by atoms with van der Waals surface area (Å²) >= 11 is 3.37. The highest BCUT2D eigenvalue weighted by molar-refractivity contribution is 9.10. The van der Waals surface area contributed by atoms with Gasteiger partial charge in [-0.1, -0.05) is 28.1 Å². The van der Waals surface area contributed by atoms with Crippen LogP contribution in [0.15, 0.2) is 28.7 Å². The fourth-order valence-corrected chi connectivity index (χ4v) is 1.84. The lowest BCUT2D eigenvalue weighted by Gasteiger charge is -2.16. The van der Waals surface area contributed by atoms with Crippen molar-refractivity contribution in [2.45, 2.75) is 13.5 Å². The Hall–Kier alpha value is -1.40. The van der Waals surface area contributed by atoms with Gasteiger partial charge >= 0.3 is 6.03 Å². The SMILES string of the molecule is CCNC(=O)NC(=O)CN(C)Cc1ccc(Br)cc1. The normalized spacial score (nSPS) is 10.3. The fraction of sp³-hybridized carbons (Fsp3) is 0.385. The summed E-state index contributed by atoms with van der Waals surface area (Å²) < 4.78 is 1.02. The van der Waals surface area contributed by atoms with Crippen molar-refractivity contribution < 1.29 is 9.59 Å². The highest BCUT2D eigenvalue weighted by atomic mass is 79.9. The number of imide groups is 1. The molecule has 0 unspecified atom stereocenters. The number of hydrogen-bond donors (Lipinski definition) is 2. The van der Waals surface area contributed by atoms with E-state index in [9.17, 15) is 9.59 Å². The van der Waals surface area contributed by atoms with Gasteiger partial charge < -0.3 is 5.32 Å². The van der Waals surface area contributed by atoms with E-state index in [1.165, 1.54) is 0 Å². The summed E-state index contributed by atoms with van der Waals surface area (Å²) in [7, 11) is 1.83. The Balaban J connectivity index is 2.38. The van der Waals surface area contributed by atoms with E-state index >= 15 is 0 Å². The van der Waals surface area contributed by atoms with Crippen molar-refractivity contribution in [2.24, 2.45) is 0 Å². The van der Waals surface area contributed by atoms with E-state index in [1.807, 2.05) is 36.2 Å². The molecule has 1 rings (SSSR count). The second-order valence-corrected chi connectivity index (χ2v) is 5.12. The molecule has 0 aliphatic rings. The van der Waals surface area contributed by atoms with Gasteiger partial charge in [0, 0.05) is 17.6 Å². The number of hydrogen-bond acceptors (Lipinski definition) is 3. The minimum absolute atomic E-state index is 0.174. The lowest BCUT2D eigenvalue weighted by Crippen LogP contribution is -2.43. The summed E-state index contributed by atoms with van der Waals surface area (Å²) in [5.74, 6) is -0.314. The van der Waals surface area contributed by atoms with Gasteiger partial charge in [-0.25, -0.2) is 4.79 Å². The van der Waals surface area contributed by atoms with Crippen LogP contribution in [0.25, 0.3) is 0 Å². The maximum absolute atomic E-state index is 11.6. The second kappa shape index (κ2) is 7.91. The number of carbonyl (C=O) groups excluding carboxylic acids is 2. The lowest BCUT2D eigenvalue weighted by molar-refractivity contribution is -0.120. The van der Waals surface area contributed by atoms with Gasteiger partial charge in [0.2, 0.25) is 5.91 Å². The number of benzene rings is 1. The summed E-state index contributed by atoms with van der Waals surface area (Å²) in [5, 5.41) is 4.78. The summed E-state index contributed by atoms with van der Waals surface area (Å²) in [5.41, 5.74) is 1.11. The number of nitrogens with one attached hydrogen (secondary N) is 2. The Labute approximate surface area is 121 Å². The molecule has 104 valence electrons. The highest BCUT2D eigenvalue weighted by Crippen LogP contribution is 2.11. The average Bonchev–Trinajstić information content (AvgIpc) is 2.32. The zero-order valence-corrected chi connectivity index (χ0v) is 12.7. The molecule has 0 aliphatic carbocycles. The minimum Gasteiger partial charge on any atom is -0.338 e. The van der Waals surface area contributed by atoms with Crippen LogP contribution in [-0.2, 0) is 11.3 Å². The Bertz CT molecular complexity index is 434. The van der Waals surface area contributed by atoms with E-state index in [2.05, 4.69) is 26.6 Å². The molecule has 0 fully saturated rings. The van der Waals surface area contributed by atoms with Crippen LogP contribution < -0.4 is 10.6 Å². The molecule has 0 atom stereocenters. The maximum atomic E-state index is 11.6. The molecule has 1 aromatic rings. The van der Waals surface area contributed by atoms with Crippen molar-refractivity contribution in [1.29, 1.82) is 0 Å². The first-order valence-corrected chi connectivity index (χ1v) is 6.81. The third-order valence-electron chi connectivity index (χ3n) is 2.37. The molecule has 2 N–H and O–H groups in total. The zero-order valence-electron chi connectivity index (χ0n) is 11.1. The van der Waals surface area contributed by atoms with Crippen LogP contribution >= 0.6 is 15.9 Å². The summed E-state index contributed by atoms with van der Waals surface area (Å²) in [6.45, 7) is 3.11. The van der Waals surface area contributed by atoms with Crippen molar-refractivity contribution in [2.75, 3.05) is 20.1 Å². The van der Waals surface area contributed by atoms with Gasteiger partial charge in [-0.2, -0.15) is 0 Å². The van der Waals surface area contributed by atoms with Crippen LogP contribution in [-0.4, -0.2) is 37.0 Å². The molecule has 0 saturated carbocycles. The van der Waals surface area contributed by atoms with Crippen LogP contribution in [0, 0.1) is 0 Å². The largest absolute Gasteiger partial charge is 0.338 e. The first-order chi connectivity index (χ1) is 9.01. The topological polar surface area (TPSA) is 61.4 Å². The van der Waals surface area contributed by atoms with Crippen molar-refractivity contribution in [3.63, 3.8) is 0 Å². The van der Waals surface area contributed by atoms with Crippen LogP contribution in [0.4, 0.5) is 4.79 Å². The van der Waals surface area contributed by atoms with Gasteiger partial charge in [-0.15, -0.1) is 0 Å². The Morgan fingerprint density at radius 2 is 1.89 bits per heavy atom. The number of rotatable bonds is 5. The third-order valence-corrected chi connectivity index (χ3v) is 2.90. The van der Waals surface area contributed by atoms with Crippen molar-refractivity contribution >= 4 is 27.9 Å². The molecule has 19 heavy (non-hydrogen) atoms. The van der Waals surface area contributed by atoms with Gasteiger partial charge in [-0.3, -0.25) is 15.0 Å². The Morgan fingerprint density at radius 1 is 1.26 bits per heavy atom. The van der Waals surface area contributed by atoms with E-state index < -0.39 is 6.03 Å². The van der Waals surface area contributed by atoms with Crippen LogP contribution in [0.2, 0.25) is 0 Å². The molecule has 0 spiro atoms. The van der Waals surface area contributed by atoms with Gasteiger partial charge in [0.25, 0.3) is 0 Å². The number of likely N-dealkylation sites (N-methyl/N-ethyl adjacent to an activating group) is 1. The predicted molar refractivity (Wildman–Crippen MR) is 77.7 cm³/mol. The number of urea groups is 1. The molecular formula is C13H18BrN3O2. The summed E-state index contributed by atoms with van der Waals surface area (Å²) in [4.78, 5) is 24.6. The molecule has 5 nitrogen and oxygen atoms in total. The minimum atomic E-state index is -0.454. The average molecular weight is 328 g/mol. The molecule has 0 radical (unpaired) electrons. The van der Waals surface area contributed by atoms with E-state index in [4.69, 9.17) is 0 Å². The first kappa shape index (κ1) is 15.7. The number of amides is 3. The molecule has 0 saturated heterocycles.